The minimum Gasteiger partial charge on any atom is -0.469 e. The molecule has 8 rings (SSSR count). The van der Waals surface area contributed by atoms with Crippen LogP contribution < -0.4 is 5.32 Å². The molecule has 0 amide bonds. The average Bonchev–Trinajstić information content (AvgIpc) is 3.53. The second-order valence-electron chi connectivity index (χ2n) is 11.9. The Morgan fingerprint density at radius 2 is 1.82 bits per heavy atom. The van der Waals surface area contributed by atoms with Gasteiger partial charge in [-0.15, -0.1) is 0 Å². The van der Waals surface area contributed by atoms with Gasteiger partial charge in [-0.2, -0.15) is 0 Å². The molecule has 8 nitrogen and oxygen atoms in total. The molecule has 6 atom stereocenters. The number of nitrogens with zero attached hydrogens (tertiary/aromatic N) is 1. The van der Waals surface area contributed by atoms with Crippen LogP contribution in [0.5, 0.6) is 0 Å². The van der Waals surface area contributed by atoms with Gasteiger partial charge in [-0.25, -0.2) is 4.79 Å². The summed E-state index contributed by atoms with van der Waals surface area (Å²) in [5.41, 5.74) is 3.17. The van der Waals surface area contributed by atoms with Crippen LogP contribution in [0.3, 0.4) is 0 Å². The zero-order valence-corrected chi connectivity index (χ0v) is 22.9. The predicted octanol–water partition coefficient (Wildman–Crippen LogP) is 3.96. The Bertz CT molecular complexity index is 1420. The zero-order chi connectivity index (χ0) is 27.6. The van der Waals surface area contributed by atoms with E-state index >= 15 is 0 Å². The van der Waals surface area contributed by atoms with Gasteiger partial charge >= 0.3 is 17.9 Å². The lowest BCUT2D eigenvalue weighted by Gasteiger charge is -2.58. The van der Waals surface area contributed by atoms with Crippen LogP contribution in [0, 0.1) is 17.8 Å². The van der Waals surface area contributed by atoms with E-state index in [9.17, 15) is 14.4 Å². The third-order valence-corrected chi connectivity index (χ3v) is 10.3. The summed E-state index contributed by atoms with van der Waals surface area (Å²) in [5.74, 6) is -2.18. The van der Waals surface area contributed by atoms with Crippen LogP contribution in [0.15, 0.2) is 65.9 Å². The first kappa shape index (κ1) is 25.3. The fourth-order valence-corrected chi connectivity index (χ4v) is 8.71. The number of para-hydroxylation sites is 1. The lowest BCUT2D eigenvalue weighted by atomic mass is 9.53. The van der Waals surface area contributed by atoms with Crippen molar-refractivity contribution in [3.8, 4) is 0 Å². The number of nitrogens with one attached hydrogen (secondary N) is 1. The van der Waals surface area contributed by atoms with Crippen molar-refractivity contribution in [2.75, 3.05) is 26.1 Å². The van der Waals surface area contributed by atoms with Gasteiger partial charge in [-0.3, -0.25) is 14.5 Å². The van der Waals surface area contributed by atoms with Crippen LogP contribution in [-0.4, -0.2) is 55.2 Å². The van der Waals surface area contributed by atoms with Gasteiger partial charge in [0.05, 0.1) is 37.0 Å². The van der Waals surface area contributed by atoms with Crippen LogP contribution in [-0.2, 0) is 40.6 Å². The normalized spacial score (nSPS) is 33.9. The highest BCUT2D eigenvalue weighted by Gasteiger charge is 2.69. The highest BCUT2D eigenvalue weighted by Crippen LogP contribution is 2.64. The largest absolute Gasteiger partial charge is 0.469 e. The number of anilines is 1. The lowest BCUT2D eigenvalue weighted by molar-refractivity contribution is -0.225. The molecule has 1 N–H and O–H groups in total. The highest BCUT2D eigenvalue weighted by atomic mass is 16.6. The lowest BCUT2D eigenvalue weighted by Crippen LogP contribution is -2.67. The number of benzene rings is 2. The molecule has 2 aliphatic carbocycles. The summed E-state index contributed by atoms with van der Waals surface area (Å²) in [6.45, 7) is 1.50. The van der Waals surface area contributed by atoms with Gasteiger partial charge in [0.2, 0.25) is 0 Å². The van der Waals surface area contributed by atoms with Gasteiger partial charge in [-0.1, -0.05) is 48.5 Å². The third-order valence-electron chi connectivity index (χ3n) is 10.3. The highest BCUT2D eigenvalue weighted by molar-refractivity contribution is 5.93. The molecule has 3 saturated heterocycles. The number of carbonyl (C=O) groups is 3. The second kappa shape index (κ2) is 9.20. The van der Waals surface area contributed by atoms with E-state index in [1.807, 2.05) is 30.3 Å². The van der Waals surface area contributed by atoms with Crippen molar-refractivity contribution in [3.63, 3.8) is 0 Å². The van der Waals surface area contributed by atoms with Gasteiger partial charge in [0.1, 0.15) is 5.60 Å². The van der Waals surface area contributed by atoms with Gasteiger partial charge in [-0.05, 0) is 49.3 Å². The maximum Gasteiger partial charge on any atom is 0.335 e. The molecule has 0 radical (unpaired) electrons. The fourth-order valence-electron chi connectivity index (χ4n) is 8.71. The van der Waals surface area contributed by atoms with Crippen LogP contribution in [0.2, 0.25) is 0 Å². The van der Waals surface area contributed by atoms with E-state index in [1.54, 1.807) is 0 Å². The van der Waals surface area contributed by atoms with E-state index in [4.69, 9.17) is 14.2 Å². The first-order chi connectivity index (χ1) is 19.4. The summed E-state index contributed by atoms with van der Waals surface area (Å²) >= 11 is 0. The first-order valence-electron chi connectivity index (χ1n) is 14.2. The van der Waals surface area contributed by atoms with Gasteiger partial charge in [0.15, 0.2) is 0 Å². The van der Waals surface area contributed by atoms with E-state index in [0.717, 1.165) is 29.9 Å². The number of hydrogen-bond donors (Lipinski definition) is 1. The van der Waals surface area contributed by atoms with Crippen molar-refractivity contribution >= 4 is 23.6 Å². The van der Waals surface area contributed by atoms with E-state index in [1.165, 1.54) is 19.8 Å². The minimum absolute atomic E-state index is 0.123. The number of hydrogen-bond acceptors (Lipinski definition) is 8. The van der Waals surface area contributed by atoms with E-state index in [0.29, 0.717) is 37.8 Å². The summed E-state index contributed by atoms with van der Waals surface area (Å²) in [7, 11) is 2.80. The molecule has 2 aromatic carbocycles. The van der Waals surface area contributed by atoms with Crippen LogP contribution in [0.1, 0.15) is 43.2 Å². The van der Waals surface area contributed by atoms with Crippen LogP contribution >= 0.6 is 0 Å². The Kier molecular flexibility index (Phi) is 5.82. The maximum atomic E-state index is 13.5. The Morgan fingerprint density at radius 1 is 1.05 bits per heavy atom. The van der Waals surface area contributed by atoms with E-state index < -0.39 is 16.9 Å². The molecule has 4 fully saturated rings. The fraction of sp³-hybridized carbons (Fsp3) is 0.469. The summed E-state index contributed by atoms with van der Waals surface area (Å²) in [5, 5.41) is 3.62. The predicted molar refractivity (Wildman–Crippen MR) is 146 cm³/mol. The number of fused-ring (bicyclic) bond motifs is 4. The van der Waals surface area contributed by atoms with Crippen LogP contribution in [0.25, 0.3) is 0 Å². The molecule has 1 saturated carbocycles. The maximum absolute atomic E-state index is 13.5. The molecule has 6 aliphatic rings. The van der Waals surface area contributed by atoms with Crippen molar-refractivity contribution in [1.82, 2.24) is 4.90 Å². The second-order valence-corrected chi connectivity index (χ2v) is 11.9. The molecular weight excluding hydrogens is 508 g/mol. The van der Waals surface area contributed by atoms with Crippen molar-refractivity contribution in [1.29, 1.82) is 0 Å². The molecule has 1 spiro atoms. The summed E-state index contributed by atoms with van der Waals surface area (Å²) < 4.78 is 17.0. The molecule has 40 heavy (non-hydrogen) atoms. The number of carbonyl (C=O) groups excluding carboxylic acids is 3. The number of rotatable bonds is 5. The number of ether oxygens (including phenoxy) is 3. The molecule has 4 aliphatic heterocycles. The molecule has 4 heterocycles. The summed E-state index contributed by atoms with van der Waals surface area (Å²) in [6.07, 6.45) is 2.78. The van der Waals surface area contributed by atoms with Gasteiger partial charge in [0.25, 0.3) is 0 Å². The number of likely N-dealkylation sites (tertiary alicyclic amines) is 1. The zero-order valence-electron chi connectivity index (χ0n) is 22.9. The Balaban J connectivity index is 1.45. The molecule has 0 unspecified atom stereocenters. The van der Waals surface area contributed by atoms with Crippen molar-refractivity contribution in [3.05, 3.63) is 77.0 Å². The average molecular weight is 543 g/mol. The number of esters is 3. The topological polar surface area (TPSA) is 94.2 Å². The van der Waals surface area contributed by atoms with Crippen molar-refractivity contribution in [2.45, 2.75) is 55.7 Å². The standard InChI is InChI=1S/C32H34N2O6/c1-38-29(36)21-17-23(32-13-12-20(28(35)40-32)16-24(32)30(37)39-2)27-31(22-10-6-7-11-25(22)33-26(21)31)14-15-34(27)18-19-8-4-3-5-9-19/h3-11,20,23-24,27,33H,12-18H2,1-2H3/t20-,23-,24+,27+,31+,32-/m0/s1. The smallest absolute Gasteiger partial charge is 0.335 e. The molecule has 2 aromatic rings. The monoisotopic (exact) mass is 542 g/mol. The third kappa shape index (κ3) is 3.38. The number of methoxy groups -OCH3 is 2. The molecule has 208 valence electrons. The molecular formula is C32H34N2O6. The Hall–Kier alpha value is -3.65. The van der Waals surface area contributed by atoms with Gasteiger partial charge < -0.3 is 19.5 Å². The summed E-state index contributed by atoms with van der Waals surface area (Å²) in [4.78, 5) is 42.5. The van der Waals surface area contributed by atoms with E-state index in [-0.39, 0.29) is 35.8 Å². The van der Waals surface area contributed by atoms with E-state index in [2.05, 4.69) is 34.5 Å². The summed E-state index contributed by atoms with van der Waals surface area (Å²) in [6, 6.07) is 18.5. The molecule has 0 aromatic heterocycles. The van der Waals surface area contributed by atoms with Crippen molar-refractivity contribution < 1.29 is 28.6 Å². The van der Waals surface area contributed by atoms with Crippen LogP contribution in [0.4, 0.5) is 5.69 Å². The Morgan fingerprint density at radius 3 is 2.58 bits per heavy atom. The Labute approximate surface area is 233 Å². The first-order valence-corrected chi connectivity index (χ1v) is 14.2. The molecule has 8 heteroatoms. The van der Waals surface area contributed by atoms with Gasteiger partial charge in [0, 0.05) is 36.4 Å². The molecule has 2 bridgehead atoms. The quantitative estimate of drug-likeness (QED) is 0.448. The SMILES string of the molecule is COC(=O)C1=C2Nc3ccccc3[C@]23CCN(Cc2ccccc2)[C@@H]3[C@@H]([C@@]23CC[C@@H](C[C@@H]2C(=O)OC)C(=O)O3)C1. The van der Waals surface area contributed by atoms with Crippen molar-refractivity contribution in [2.24, 2.45) is 17.8 Å². The minimum atomic E-state index is -1.07.